The first-order valence-electron chi connectivity index (χ1n) is 4.89. The van der Waals surface area contributed by atoms with Gasteiger partial charge in [-0.3, -0.25) is 10.2 Å². The van der Waals surface area contributed by atoms with Crippen molar-refractivity contribution in [2.24, 2.45) is 0 Å². The van der Waals surface area contributed by atoms with Gasteiger partial charge in [0.2, 0.25) is 0 Å². The van der Waals surface area contributed by atoms with Crippen LogP contribution in [0.1, 0.15) is 17.3 Å². The zero-order valence-corrected chi connectivity index (χ0v) is 9.10. The molecule has 0 bridgehead atoms. The standard InChI is InChI=1S/C10H11B3N2O/c1-7(10(11,12)13)14-15-9(16)8-5-3-2-4-6-8/h2-7,14H,1H3,(H,15,16). The minimum atomic E-state index is -1.38. The summed E-state index contributed by atoms with van der Waals surface area (Å²) in [5.74, 6) is -0.267. The van der Waals surface area contributed by atoms with Crippen LogP contribution in [0.3, 0.4) is 0 Å². The van der Waals surface area contributed by atoms with Crippen LogP contribution in [0, 0.1) is 0 Å². The van der Waals surface area contributed by atoms with E-state index in [1.807, 2.05) is 6.07 Å². The lowest BCUT2D eigenvalue weighted by Crippen LogP contribution is -2.49. The summed E-state index contributed by atoms with van der Waals surface area (Å²) in [7, 11) is 16.3. The van der Waals surface area contributed by atoms with Crippen molar-refractivity contribution in [1.29, 1.82) is 0 Å². The Bertz CT molecular complexity index is 351. The molecule has 0 fully saturated rings. The molecule has 1 unspecified atom stereocenters. The maximum Gasteiger partial charge on any atom is 0.265 e. The minimum Gasteiger partial charge on any atom is -0.287 e. The summed E-state index contributed by atoms with van der Waals surface area (Å²) in [4.78, 5) is 11.6. The maximum atomic E-state index is 11.6. The van der Waals surface area contributed by atoms with Gasteiger partial charge in [0, 0.05) is 11.6 Å². The Balaban J connectivity index is 2.48. The molecule has 1 rings (SSSR count). The van der Waals surface area contributed by atoms with E-state index in [2.05, 4.69) is 10.9 Å². The van der Waals surface area contributed by atoms with Crippen LogP contribution in [-0.2, 0) is 0 Å². The van der Waals surface area contributed by atoms with Crippen LogP contribution in [0.2, 0.25) is 5.11 Å². The molecule has 1 atom stereocenters. The van der Waals surface area contributed by atoms with E-state index in [0.717, 1.165) is 0 Å². The second-order valence-electron chi connectivity index (χ2n) is 3.69. The third-order valence-corrected chi connectivity index (χ3v) is 2.19. The van der Waals surface area contributed by atoms with E-state index in [0.29, 0.717) is 5.56 Å². The number of hydrogen-bond donors (Lipinski definition) is 2. The highest BCUT2D eigenvalue weighted by Gasteiger charge is 2.18. The van der Waals surface area contributed by atoms with E-state index in [-0.39, 0.29) is 5.91 Å². The zero-order chi connectivity index (χ0) is 12.2. The second kappa shape index (κ2) is 5.26. The molecule has 0 aliphatic carbocycles. The molecule has 0 saturated carbocycles. The fourth-order valence-electron chi connectivity index (χ4n) is 0.960. The molecule has 1 amide bonds. The summed E-state index contributed by atoms with van der Waals surface area (Å²) in [6, 6.07) is 8.32. The summed E-state index contributed by atoms with van der Waals surface area (Å²) in [5, 5.41) is -1.38. The summed E-state index contributed by atoms with van der Waals surface area (Å²) in [6.45, 7) is 1.67. The number of rotatable bonds is 4. The topological polar surface area (TPSA) is 41.1 Å². The van der Waals surface area contributed by atoms with Gasteiger partial charge in [-0.1, -0.05) is 18.2 Å². The molecule has 0 aliphatic rings. The van der Waals surface area contributed by atoms with Crippen molar-refractivity contribution in [2.75, 3.05) is 0 Å². The number of benzene rings is 1. The number of hydrogen-bond acceptors (Lipinski definition) is 2. The van der Waals surface area contributed by atoms with Crippen molar-refractivity contribution in [3.8, 4) is 0 Å². The lowest BCUT2D eigenvalue weighted by Gasteiger charge is -2.29. The molecule has 2 N–H and O–H groups in total. The van der Waals surface area contributed by atoms with Gasteiger partial charge in [0.25, 0.3) is 5.91 Å². The molecular weight excluding hydrogens is 197 g/mol. The molecule has 76 valence electrons. The third-order valence-electron chi connectivity index (χ3n) is 2.19. The van der Waals surface area contributed by atoms with E-state index in [9.17, 15) is 4.79 Å². The molecule has 0 heterocycles. The van der Waals surface area contributed by atoms with Crippen molar-refractivity contribution in [1.82, 2.24) is 10.9 Å². The summed E-state index contributed by atoms with van der Waals surface area (Å²) < 4.78 is 0. The third kappa shape index (κ3) is 3.78. The maximum absolute atomic E-state index is 11.6. The van der Waals surface area contributed by atoms with Gasteiger partial charge in [0.05, 0.1) is 23.5 Å². The molecule has 1 aromatic carbocycles. The quantitative estimate of drug-likeness (QED) is 0.534. The van der Waals surface area contributed by atoms with Gasteiger partial charge in [0.1, 0.15) is 0 Å². The van der Waals surface area contributed by atoms with E-state index < -0.39 is 11.2 Å². The predicted molar refractivity (Wildman–Crippen MR) is 66.5 cm³/mol. The van der Waals surface area contributed by atoms with E-state index in [1.54, 1.807) is 31.2 Å². The highest BCUT2D eigenvalue weighted by atomic mass is 16.2. The van der Waals surface area contributed by atoms with Crippen LogP contribution in [-0.4, -0.2) is 35.5 Å². The van der Waals surface area contributed by atoms with Crippen LogP contribution in [0.25, 0.3) is 0 Å². The number of nitrogens with one attached hydrogen (secondary N) is 2. The van der Waals surface area contributed by atoms with Crippen LogP contribution in [0.5, 0.6) is 0 Å². The number of hydrazine groups is 1. The highest BCUT2D eigenvalue weighted by molar-refractivity contribution is 6.59. The molecule has 0 aliphatic heterocycles. The van der Waals surface area contributed by atoms with Gasteiger partial charge in [-0.05, 0) is 19.1 Å². The van der Waals surface area contributed by atoms with Crippen LogP contribution in [0.15, 0.2) is 30.3 Å². The Morgan fingerprint density at radius 3 is 2.31 bits per heavy atom. The zero-order valence-electron chi connectivity index (χ0n) is 9.10. The molecule has 0 saturated heterocycles. The van der Waals surface area contributed by atoms with Gasteiger partial charge in [-0.2, -0.15) is 0 Å². The first-order chi connectivity index (χ1) is 7.41. The fourth-order valence-corrected chi connectivity index (χ4v) is 0.960. The van der Waals surface area contributed by atoms with E-state index >= 15 is 0 Å². The molecule has 6 heteroatoms. The van der Waals surface area contributed by atoms with Crippen molar-refractivity contribution in [3.05, 3.63) is 35.9 Å². The SMILES string of the molecule is [B]C([B])([B])C(C)NNC(=O)c1ccccc1. The number of carbonyl (C=O) groups excluding carboxylic acids is 1. The average Bonchev–Trinajstić information content (AvgIpc) is 2.25. The van der Waals surface area contributed by atoms with Crippen LogP contribution < -0.4 is 10.9 Å². The Kier molecular flexibility index (Phi) is 4.24. The lowest BCUT2D eigenvalue weighted by atomic mass is 9.40. The van der Waals surface area contributed by atoms with Crippen LogP contribution in [0.4, 0.5) is 0 Å². The number of carbonyl (C=O) groups is 1. The van der Waals surface area contributed by atoms with E-state index in [1.165, 1.54) is 0 Å². The van der Waals surface area contributed by atoms with Gasteiger partial charge in [0.15, 0.2) is 0 Å². The molecular formula is C10H11B3N2O. The van der Waals surface area contributed by atoms with Crippen molar-refractivity contribution in [2.45, 2.75) is 18.1 Å². The average molecular weight is 208 g/mol. The molecule has 3 nitrogen and oxygen atoms in total. The highest BCUT2D eigenvalue weighted by Crippen LogP contribution is 2.13. The van der Waals surface area contributed by atoms with E-state index in [4.69, 9.17) is 23.5 Å². The van der Waals surface area contributed by atoms with Gasteiger partial charge in [-0.15, -0.1) is 5.11 Å². The first-order valence-corrected chi connectivity index (χ1v) is 4.89. The largest absolute Gasteiger partial charge is 0.287 e. The van der Waals surface area contributed by atoms with Crippen molar-refractivity contribution < 1.29 is 4.79 Å². The molecule has 16 heavy (non-hydrogen) atoms. The Morgan fingerprint density at radius 1 is 1.25 bits per heavy atom. The van der Waals surface area contributed by atoms with Crippen LogP contribution >= 0.6 is 0 Å². The Hall–Kier alpha value is -1.16. The molecule has 1 aromatic rings. The summed E-state index contributed by atoms with van der Waals surface area (Å²) in [5.41, 5.74) is 5.66. The fraction of sp³-hybridized carbons (Fsp3) is 0.300. The van der Waals surface area contributed by atoms with Crippen molar-refractivity contribution in [3.63, 3.8) is 0 Å². The molecule has 0 spiro atoms. The Labute approximate surface area is 99.6 Å². The molecule has 0 aromatic heterocycles. The molecule has 6 radical (unpaired) electrons. The predicted octanol–water partition coefficient (Wildman–Crippen LogP) is -0.111. The second-order valence-corrected chi connectivity index (χ2v) is 3.69. The van der Waals surface area contributed by atoms with Gasteiger partial charge >= 0.3 is 0 Å². The van der Waals surface area contributed by atoms with Crippen molar-refractivity contribution >= 4 is 29.4 Å². The number of amides is 1. The van der Waals surface area contributed by atoms with Gasteiger partial charge < -0.3 is 0 Å². The normalized spacial score (nSPS) is 13.1. The summed E-state index contributed by atoms with van der Waals surface area (Å²) >= 11 is 0. The monoisotopic (exact) mass is 208 g/mol. The summed E-state index contributed by atoms with van der Waals surface area (Å²) in [6.07, 6.45) is 0. The minimum absolute atomic E-state index is 0.267. The smallest absolute Gasteiger partial charge is 0.265 e. The first kappa shape index (κ1) is 12.9. The van der Waals surface area contributed by atoms with Gasteiger partial charge in [-0.25, -0.2) is 5.43 Å². The lowest BCUT2D eigenvalue weighted by molar-refractivity contribution is 0.0926. The Morgan fingerprint density at radius 2 is 1.81 bits per heavy atom.